The van der Waals surface area contributed by atoms with Crippen molar-refractivity contribution in [2.45, 2.75) is 103 Å². The summed E-state index contributed by atoms with van der Waals surface area (Å²) >= 11 is 0. The summed E-state index contributed by atoms with van der Waals surface area (Å²) in [6, 6.07) is 0.804. The van der Waals surface area contributed by atoms with E-state index in [9.17, 15) is 0 Å². The van der Waals surface area contributed by atoms with Crippen molar-refractivity contribution >= 4 is 0 Å². The Morgan fingerprint density at radius 3 is 1.29 bits per heavy atom. The summed E-state index contributed by atoms with van der Waals surface area (Å²) in [5, 5.41) is 0. The fourth-order valence-electron chi connectivity index (χ4n) is 2.67. The lowest BCUT2D eigenvalue weighted by Gasteiger charge is -2.31. The molecule has 21 heavy (non-hydrogen) atoms. The fourth-order valence-corrected chi connectivity index (χ4v) is 2.67. The molecule has 0 saturated carbocycles. The van der Waals surface area contributed by atoms with Gasteiger partial charge in [-0.25, -0.2) is 0 Å². The van der Waals surface area contributed by atoms with Crippen molar-refractivity contribution in [3.8, 4) is 0 Å². The van der Waals surface area contributed by atoms with Crippen LogP contribution in [0, 0.1) is 0 Å². The molecule has 1 nitrogen and oxygen atoms in total. The highest BCUT2D eigenvalue weighted by atomic mass is 35.5. The Morgan fingerprint density at radius 1 is 0.619 bits per heavy atom. The van der Waals surface area contributed by atoms with Gasteiger partial charge >= 0.3 is 0 Å². The molecule has 0 rings (SSSR count). The predicted molar refractivity (Wildman–Crippen MR) is 93.2 cm³/mol. The first-order valence-electron chi connectivity index (χ1n) is 9.29. The molecule has 0 heterocycles. The number of hydrogen-bond acceptors (Lipinski definition) is 0. The molecule has 1 atom stereocenters. The van der Waals surface area contributed by atoms with Crippen LogP contribution >= 0.6 is 0 Å². The Balaban J connectivity index is 0. The van der Waals surface area contributed by atoms with E-state index in [4.69, 9.17) is 0 Å². The van der Waals surface area contributed by atoms with Crippen LogP contribution in [0.1, 0.15) is 97.3 Å². The maximum atomic E-state index is 2.39. The van der Waals surface area contributed by atoms with Gasteiger partial charge in [-0.15, -0.1) is 0 Å². The highest BCUT2D eigenvalue weighted by Gasteiger charge is 2.16. The van der Waals surface area contributed by atoms with E-state index in [1.54, 1.807) is 0 Å². The lowest BCUT2D eigenvalue weighted by atomic mass is 10.0. The molecule has 0 N–H and O–H groups in total. The quantitative estimate of drug-likeness (QED) is 0.341. The summed E-state index contributed by atoms with van der Waals surface area (Å²) in [4.78, 5) is 0. The number of rotatable bonds is 14. The molecule has 0 aromatic heterocycles. The van der Waals surface area contributed by atoms with Gasteiger partial charge in [0.05, 0.1) is 27.2 Å². The molecule has 0 aromatic rings. The van der Waals surface area contributed by atoms with Gasteiger partial charge in [-0.1, -0.05) is 77.6 Å². The number of quaternary nitrogens is 1. The van der Waals surface area contributed by atoms with Crippen molar-refractivity contribution in [1.29, 1.82) is 0 Å². The lowest BCUT2D eigenvalue weighted by Crippen LogP contribution is -3.00. The molecule has 130 valence electrons. The maximum Gasteiger partial charge on any atom is 0.0855 e. The number of hydrogen-bond donors (Lipinski definition) is 0. The minimum atomic E-state index is 0. The summed E-state index contributed by atoms with van der Waals surface area (Å²) in [6.07, 6.45) is 18.8. The Morgan fingerprint density at radius 2 is 0.952 bits per heavy atom. The van der Waals surface area contributed by atoms with Crippen LogP contribution in [0.15, 0.2) is 0 Å². The molecule has 0 amide bonds. The van der Waals surface area contributed by atoms with E-state index in [2.05, 4.69) is 35.0 Å². The highest BCUT2D eigenvalue weighted by molar-refractivity contribution is 4.53. The number of halogens is 1. The van der Waals surface area contributed by atoms with Crippen LogP contribution in [0.3, 0.4) is 0 Å². The Labute approximate surface area is 141 Å². The Kier molecular flexibility index (Phi) is 17.0. The van der Waals surface area contributed by atoms with Gasteiger partial charge in [-0.05, 0) is 19.8 Å². The van der Waals surface area contributed by atoms with E-state index in [0.29, 0.717) is 0 Å². The van der Waals surface area contributed by atoms with Crippen molar-refractivity contribution < 1.29 is 16.9 Å². The first-order valence-corrected chi connectivity index (χ1v) is 9.29. The van der Waals surface area contributed by atoms with E-state index >= 15 is 0 Å². The largest absolute Gasteiger partial charge is 1.00 e. The molecule has 0 aromatic carbocycles. The van der Waals surface area contributed by atoms with Gasteiger partial charge in [0.1, 0.15) is 0 Å². The van der Waals surface area contributed by atoms with Crippen molar-refractivity contribution in [2.24, 2.45) is 0 Å². The molecular formula is C19H42ClN. The highest BCUT2D eigenvalue weighted by Crippen LogP contribution is 2.15. The molecule has 1 unspecified atom stereocenters. The molecule has 0 radical (unpaired) electrons. The van der Waals surface area contributed by atoms with Crippen LogP contribution in [0.25, 0.3) is 0 Å². The van der Waals surface area contributed by atoms with Crippen molar-refractivity contribution in [3.05, 3.63) is 0 Å². The van der Waals surface area contributed by atoms with Crippen molar-refractivity contribution in [2.75, 3.05) is 21.1 Å². The van der Waals surface area contributed by atoms with Crippen LogP contribution in [0.5, 0.6) is 0 Å². The van der Waals surface area contributed by atoms with Gasteiger partial charge in [-0.3, -0.25) is 0 Å². The molecule has 0 aliphatic heterocycles. The van der Waals surface area contributed by atoms with Gasteiger partial charge in [0.15, 0.2) is 0 Å². The molecule has 0 aliphatic carbocycles. The van der Waals surface area contributed by atoms with Gasteiger partial charge in [0.2, 0.25) is 0 Å². The van der Waals surface area contributed by atoms with Gasteiger partial charge in [0.25, 0.3) is 0 Å². The van der Waals surface area contributed by atoms with Gasteiger partial charge < -0.3 is 16.9 Å². The molecule has 0 saturated heterocycles. The number of nitrogens with zero attached hydrogens (tertiary/aromatic N) is 1. The van der Waals surface area contributed by atoms with E-state index in [0.717, 1.165) is 10.5 Å². The SMILES string of the molecule is CCCCCCCCCCCCCCC(C)[N+](C)(C)C.[Cl-]. The van der Waals surface area contributed by atoms with E-state index < -0.39 is 0 Å². The first kappa shape index (κ1) is 23.5. The van der Waals surface area contributed by atoms with Crippen LogP contribution in [-0.2, 0) is 0 Å². The molecule has 0 spiro atoms. The minimum absolute atomic E-state index is 0. The third-order valence-electron chi connectivity index (χ3n) is 4.80. The zero-order valence-corrected chi connectivity index (χ0v) is 16.4. The second-order valence-corrected chi connectivity index (χ2v) is 7.64. The fraction of sp³-hybridized carbons (Fsp3) is 1.00. The summed E-state index contributed by atoms with van der Waals surface area (Å²) < 4.78 is 1.11. The molecule has 0 aliphatic rings. The lowest BCUT2D eigenvalue weighted by molar-refractivity contribution is -0.894. The normalized spacial score (nSPS) is 13.0. The smallest absolute Gasteiger partial charge is 0.0855 e. The average molecular weight is 320 g/mol. The van der Waals surface area contributed by atoms with E-state index in [1.807, 2.05) is 0 Å². The second-order valence-electron chi connectivity index (χ2n) is 7.64. The third-order valence-corrected chi connectivity index (χ3v) is 4.80. The summed E-state index contributed by atoms with van der Waals surface area (Å²) in [6.45, 7) is 4.68. The van der Waals surface area contributed by atoms with Crippen molar-refractivity contribution in [1.82, 2.24) is 0 Å². The zero-order chi connectivity index (χ0) is 15.3. The standard InChI is InChI=1S/C19H42N.ClH/c1-6-7-8-9-10-11-12-13-14-15-16-17-18-19(2)20(3,4)5;/h19H,6-18H2,1-5H3;1H/q+1;/p-1. The molecule has 2 heteroatoms. The maximum absolute atomic E-state index is 2.39. The second kappa shape index (κ2) is 15.2. The van der Waals surface area contributed by atoms with Gasteiger partial charge in [-0.2, -0.15) is 0 Å². The first-order chi connectivity index (χ1) is 9.48. The van der Waals surface area contributed by atoms with Crippen LogP contribution in [-0.4, -0.2) is 31.7 Å². The molecular weight excluding hydrogens is 278 g/mol. The number of unbranched alkanes of at least 4 members (excludes halogenated alkanes) is 11. The summed E-state index contributed by atoms with van der Waals surface area (Å²) in [5.41, 5.74) is 0. The van der Waals surface area contributed by atoms with Crippen LogP contribution in [0.2, 0.25) is 0 Å². The third kappa shape index (κ3) is 16.4. The van der Waals surface area contributed by atoms with Crippen LogP contribution < -0.4 is 12.4 Å². The monoisotopic (exact) mass is 319 g/mol. The predicted octanol–water partition coefficient (Wildman–Crippen LogP) is 3.18. The summed E-state index contributed by atoms with van der Waals surface area (Å²) in [7, 11) is 6.93. The summed E-state index contributed by atoms with van der Waals surface area (Å²) in [5.74, 6) is 0. The Bertz CT molecular complexity index is 198. The van der Waals surface area contributed by atoms with Crippen LogP contribution in [0.4, 0.5) is 0 Å². The molecule has 0 fully saturated rings. The van der Waals surface area contributed by atoms with E-state index in [1.165, 1.54) is 83.5 Å². The topological polar surface area (TPSA) is 0 Å². The van der Waals surface area contributed by atoms with E-state index in [-0.39, 0.29) is 12.4 Å². The average Bonchev–Trinajstić information content (AvgIpc) is 2.38. The Hall–Kier alpha value is 0.250. The zero-order valence-electron chi connectivity index (χ0n) is 15.6. The molecule has 0 bridgehead atoms. The van der Waals surface area contributed by atoms with Crippen molar-refractivity contribution in [3.63, 3.8) is 0 Å². The minimum Gasteiger partial charge on any atom is -1.00 e. The van der Waals surface area contributed by atoms with Gasteiger partial charge in [0, 0.05) is 0 Å².